The molecule has 0 aromatic heterocycles. The molecule has 4 aromatic rings. The molecule has 0 saturated carbocycles. The minimum atomic E-state index is -4.02. The zero-order valence-corrected chi connectivity index (χ0v) is 20.6. The molecule has 4 aromatic carbocycles. The average Bonchev–Trinajstić information content (AvgIpc) is 3.40. The van der Waals surface area contributed by atoms with Crippen LogP contribution in [-0.2, 0) is 21.4 Å². The molecule has 1 aliphatic heterocycles. The van der Waals surface area contributed by atoms with Gasteiger partial charge in [-0.15, -0.1) is 0 Å². The molecule has 0 fully saturated rings. The number of hydrogen-bond donors (Lipinski definition) is 1. The highest BCUT2D eigenvalue weighted by Crippen LogP contribution is 2.32. The Balaban J connectivity index is 1.35. The summed E-state index contributed by atoms with van der Waals surface area (Å²) in [5.74, 6) is 2.00. The first-order valence-corrected chi connectivity index (χ1v) is 13.0. The molecule has 0 unspecified atom stereocenters. The number of sulfonamides is 1. The lowest BCUT2D eigenvalue weighted by Gasteiger charge is -2.24. The van der Waals surface area contributed by atoms with E-state index in [1.807, 2.05) is 36.4 Å². The van der Waals surface area contributed by atoms with Crippen LogP contribution in [0, 0.1) is 0 Å². The number of anilines is 1. The third kappa shape index (κ3) is 5.68. The Bertz CT molecular complexity index is 1480. The van der Waals surface area contributed by atoms with Gasteiger partial charge in [-0.2, -0.15) is 0 Å². The number of carbonyl (C=O) groups is 1. The summed E-state index contributed by atoms with van der Waals surface area (Å²) in [7, 11) is -4.02. The van der Waals surface area contributed by atoms with Crippen molar-refractivity contribution in [1.29, 1.82) is 0 Å². The highest BCUT2D eigenvalue weighted by molar-refractivity contribution is 7.92. The van der Waals surface area contributed by atoms with Gasteiger partial charge in [-0.3, -0.25) is 9.10 Å². The molecule has 0 atom stereocenters. The molecule has 1 N–H and O–H groups in total. The summed E-state index contributed by atoms with van der Waals surface area (Å²) < 4.78 is 44.7. The maximum Gasteiger partial charge on any atom is 0.264 e. The summed E-state index contributed by atoms with van der Waals surface area (Å²) in [6, 6.07) is 29.2. The number of fused-ring (bicyclic) bond motifs is 1. The predicted octanol–water partition coefficient (Wildman–Crippen LogP) is 4.72. The second-order valence-electron chi connectivity index (χ2n) is 8.20. The van der Waals surface area contributed by atoms with Gasteiger partial charge in [-0.25, -0.2) is 8.42 Å². The van der Waals surface area contributed by atoms with Crippen molar-refractivity contribution in [3.63, 3.8) is 0 Å². The molecule has 0 radical (unpaired) electrons. The Morgan fingerprint density at radius 1 is 0.811 bits per heavy atom. The number of nitrogens with zero attached hydrogens (tertiary/aromatic N) is 1. The highest BCUT2D eigenvalue weighted by Gasteiger charge is 2.27. The van der Waals surface area contributed by atoms with E-state index >= 15 is 0 Å². The number of rotatable bonds is 9. The average molecular weight is 517 g/mol. The van der Waals surface area contributed by atoms with Gasteiger partial charge in [0, 0.05) is 6.54 Å². The summed E-state index contributed by atoms with van der Waals surface area (Å²) in [5.41, 5.74) is 1.14. The molecule has 1 amide bonds. The van der Waals surface area contributed by atoms with E-state index < -0.39 is 22.5 Å². The molecular formula is C28H24N2O6S. The minimum Gasteiger partial charge on any atom is -0.457 e. The van der Waals surface area contributed by atoms with Crippen LogP contribution in [0.4, 0.5) is 5.69 Å². The van der Waals surface area contributed by atoms with E-state index in [9.17, 15) is 13.2 Å². The van der Waals surface area contributed by atoms with Crippen molar-refractivity contribution in [2.45, 2.75) is 11.4 Å². The maximum atomic E-state index is 13.5. The van der Waals surface area contributed by atoms with Gasteiger partial charge in [0.05, 0.1) is 10.6 Å². The van der Waals surface area contributed by atoms with Crippen LogP contribution in [0.25, 0.3) is 0 Å². The fourth-order valence-corrected chi connectivity index (χ4v) is 5.22. The van der Waals surface area contributed by atoms with Crippen LogP contribution < -0.4 is 23.8 Å². The van der Waals surface area contributed by atoms with E-state index in [1.54, 1.807) is 54.6 Å². The van der Waals surface area contributed by atoms with Gasteiger partial charge in [-0.1, -0.05) is 42.5 Å². The maximum absolute atomic E-state index is 13.5. The molecule has 0 bridgehead atoms. The van der Waals surface area contributed by atoms with Crippen molar-refractivity contribution < 1.29 is 27.4 Å². The lowest BCUT2D eigenvalue weighted by Crippen LogP contribution is -2.40. The van der Waals surface area contributed by atoms with Gasteiger partial charge in [0.25, 0.3) is 10.0 Å². The molecule has 1 aliphatic rings. The second-order valence-corrected chi connectivity index (χ2v) is 10.1. The summed E-state index contributed by atoms with van der Waals surface area (Å²) in [4.78, 5) is 13.0. The molecule has 188 valence electrons. The monoisotopic (exact) mass is 516 g/mol. The molecule has 37 heavy (non-hydrogen) atoms. The first kappa shape index (κ1) is 24.2. The number of hydrogen-bond acceptors (Lipinski definition) is 6. The molecule has 1 heterocycles. The lowest BCUT2D eigenvalue weighted by atomic mass is 10.2. The van der Waals surface area contributed by atoms with Crippen molar-refractivity contribution in [3.8, 4) is 23.0 Å². The number of benzene rings is 4. The van der Waals surface area contributed by atoms with E-state index in [2.05, 4.69) is 5.32 Å². The number of ether oxygens (including phenoxy) is 3. The topological polar surface area (TPSA) is 94.2 Å². The van der Waals surface area contributed by atoms with Gasteiger partial charge in [0.2, 0.25) is 12.7 Å². The Labute approximate surface area is 215 Å². The predicted molar refractivity (Wildman–Crippen MR) is 138 cm³/mol. The van der Waals surface area contributed by atoms with Gasteiger partial charge in [0.15, 0.2) is 11.5 Å². The molecule has 5 rings (SSSR count). The number of carbonyl (C=O) groups excluding carboxylic acids is 1. The van der Waals surface area contributed by atoms with Crippen LogP contribution in [0.15, 0.2) is 108 Å². The number of para-hydroxylation sites is 1. The van der Waals surface area contributed by atoms with Crippen LogP contribution in [-0.4, -0.2) is 27.7 Å². The molecule has 9 heteroatoms. The van der Waals surface area contributed by atoms with Crippen LogP contribution in [0.3, 0.4) is 0 Å². The molecule has 0 saturated heterocycles. The van der Waals surface area contributed by atoms with Gasteiger partial charge >= 0.3 is 0 Å². The first-order chi connectivity index (χ1) is 18.0. The Morgan fingerprint density at radius 3 is 2.19 bits per heavy atom. The van der Waals surface area contributed by atoms with E-state index in [-0.39, 0.29) is 18.2 Å². The van der Waals surface area contributed by atoms with Crippen molar-refractivity contribution in [2.24, 2.45) is 0 Å². The molecule has 8 nitrogen and oxygen atoms in total. The normalized spacial score (nSPS) is 12.1. The van der Waals surface area contributed by atoms with Crippen LogP contribution in [0.1, 0.15) is 5.56 Å². The Morgan fingerprint density at radius 2 is 1.46 bits per heavy atom. The van der Waals surface area contributed by atoms with E-state index in [0.717, 1.165) is 9.87 Å². The quantitative estimate of drug-likeness (QED) is 0.346. The molecular weight excluding hydrogens is 492 g/mol. The zero-order valence-electron chi connectivity index (χ0n) is 19.7. The van der Waals surface area contributed by atoms with Crippen molar-refractivity contribution in [2.75, 3.05) is 17.6 Å². The lowest BCUT2D eigenvalue weighted by molar-refractivity contribution is -0.119. The van der Waals surface area contributed by atoms with Crippen LogP contribution in [0.5, 0.6) is 23.0 Å². The standard InChI is InChI=1S/C28H24N2O6S/c31-28(29-18-21-11-16-26-27(17-21)35-20-34-26)19-30(37(32,33)25-9-5-2-6-10-25)22-12-14-24(15-13-22)36-23-7-3-1-4-8-23/h1-17H,18-20H2,(H,29,31). The largest absolute Gasteiger partial charge is 0.457 e. The third-order valence-corrected chi connectivity index (χ3v) is 7.44. The Kier molecular flexibility index (Phi) is 6.96. The smallest absolute Gasteiger partial charge is 0.264 e. The number of amides is 1. The summed E-state index contributed by atoms with van der Waals surface area (Å²) >= 11 is 0. The van der Waals surface area contributed by atoms with Crippen molar-refractivity contribution >= 4 is 21.6 Å². The fraction of sp³-hybridized carbons (Fsp3) is 0.107. The highest BCUT2D eigenvalue weighted by atomic mass is 32.2. The first-order valence-electron chi connectivity index (χ1n) is 11.5. The summed E-state index contributed by atoms with van der Waals surface area (Å²) in [6.45, 7) is -0.0359. The van der Waals surface area contributed by atoms with E-state index in [4.69, 9.17) is 14.2 Å². The van der Waals surface area contributed by atoms with Crippen molar-refractivity contribution in [3.05, 3.63) is 109 Å². The van der Waals surface area contributed by atoms with Crippen LogP contribution in [0.2, 0.25) is 0 Å². The Hall–Kier alpha value is -4.50. The summed E-state index contributed by atoms with van der Waals surface area (Å²) in [5, 5.41) is 2.79. The SMILES string of the molecule is O=C(CN(c1ccc(Oc2ccccc2)cc1)S(=O)(=O)c1ccccc1)NCc1ccc2c(c1)OCO2. The number of nitrogens with one attached hydrogen (secondary N) is 1. The fourth-order valence-electron chi connectivity index (χ4n) is 3.78. The third-order valence-electron chi connectivity index (χ3n) is 5.65. The van der Waals surface area contributed by atoms with Gasteiger partial charge < -0.3 is 19.5 Å². The van der Waals surface area contributed by atoms with Gasteiger partial charge in [-0.05, 0) is 66.2 Å². The minimum absolute atomic E-state index is 0.0863. The summed E-state index contributed by atoms with van der Waals surface area (Å²) in [6.07, 6.45) is 0. The van der Waals surface area contributed by atoms with Crippen LogP contribution >= 0.6 is 0 Å². The van der Waals surface area contributed by atoms with E-state index in [1.165, 1.54) is 12.1 Å². The van der Waals surface area contributed by atoms with Crippen molar-refractivity contribution in [1.82, 2.24) is 5.32 Å². The van der Waals surface area contributed by atoms with E-state index in [0.29, 0.717) is 28.7 Å². The van der Waals surface area contributed by atoms with Gasteiger partial charge in [0.1, 0.15) is 18.0 Å². The molecule has 0 aliphatic carbocycles. The molecule has 0 spiro atoms. The second kappa shape index (κ2) is 10.6. The zero-order chi connectivity index (χ0) is 25.7.